The fourth-order valence-electron chi connectivity index (χ4n) is 2.26. The van der Waals surface area contributed by atoms with E-state index in [2.05, 4.69) is 5.32 Å². The second-order valence-corrected chi connectivity index (χ2v) is 6.80. The number of thiazole rings is 1. The topological polar surface area (TPSA) is 51.1 Å². The number of nitrogens with one attached hydrogen (secondary N) is 1. The highest BCUT2D eigenvalue weighted by atomic mass is 32.1. The molecule has 1 aromatic heterocycles. The molecule has 0 aliphatic rings. The lowest BCUT2D eigenvalue weighted by Gasteiger charge is -2.07. The number of para-hydroxylation sites is 2. The van der Waals surface area contributed by atoms with Gasteiger partial charge in [0.15, 0.2) is 9.74 Å². The van der Waals surface area contributed by atoms with Crippen molar-refractivity contribution in [2.75, 3.05) is 5.32 Å². The molecule has 3 rings (SSSR count). The second kappa shape index (κ2) is 6.90. The van der Waals surface area contributed by atoms with Crippen molar-refractivity contribution in [3.8, 4) is 0 Å². The van der Waals surface area contributed by atoms with E-state index in [-0.39, 0.29) is 11.4 Å². The first-order chi connectivity index (χ1) is 11.6. The molecule has 0 atom stereocenters. The van der Waals surface area contributed by atoms with Crippen LogP contribution in [-0.4, -0.2) is 16.3 Å². The molecule has 120 valence electrons. The van der Waals surface area contributed by atoms with E-state index >= 15 is 0 Å². The zero-order chi connectivity index (χ0) is 17.1. The van der Waals surface area contributed by atoms with E-state index in [1.165, 1.54) is 24.5 Å². The quantitative estimate of drug-likeness (QED) is 0.325. The molecule has 0 fully saturated rings. The predicted molar refractivity (Wildman–Crippen MR) is 101 cm³/mol. The molecule has 24 heavy (non-hydrogen) atoms. The van der Waals surface area contributed by atoms with Gasteiger partial charge in [0, 0.05) is 11.9 Å². The first-order valence-electron chi connectivity index (χ1n) is 7.25. The minimum absolute atomic E-state index is 0.0542. The maximum atomic E-state index is 12.5. The van der Waals surface area contributed by atoms with Crippen molar-refractivity contribution in [3.05, 3.63) is 64.1 Å². The molecular weight excluding hydrogens is 340 g/mol. The Morgan fingerprint density at radius 3 is 2.46 bits per heavy atom. The van der Waals surface area contributed by atoms with Crippen LogP contribution < -0.4 is 5.32 Å². The van der Waals surface area contributed by atoms with Crippen molar-refractivity contribution in [1.29, 1.82) is 0 Å². The number of nitrogens with zero attached hydrogens (tertiary/aromatic N) is 1. The molecule has 0 spiro atoms. The highest BCUT2D eigenvalue weighted by Crippen LogP contribution is 2.24. The largest absolute Gasteiger partial charge is 0.322 e. The van der Waals surface area contributed by atoms with E-state index in [0.717, 1.165) is 10.2 Å². The Morgan fingerprint density at radius 2 is 1.75 bits per heavy atom. The molecule has 0 aliphatic carbocycles. The van der Waals surface area contributed by atoms with Crippen LogP contribution >= 0.6 is 23.6 Å². The summed E-state index contributed by atoms with van der Waals surface area (Å²) in [6.45, 7) is 1.37. The highest BCUT2D eigenvalue weighted by Gasteiger charge is 2.16. The van der Waals surface area contributed by atoms with E-state index in [4.69, 9.17) is 12.2 Å². The molecule has 1 N–H and O–H groups in total. The maximum absolute atomic E-state index is 12.5. The van der Waals surface area contributed by atoms with Crippen molar-refractivity contribution < 1.29 is 9.59 Å². The standard InChI is InChI=1S/C18H14N2O2S2/c1-12(21)14(17(22)19-13-7-3-2-4-8-13)11-20-15-9-5-6-10-16(15)24-18(20)23/h2-11H,1H3,(H,19,22)/b14-11-. The number of ketones is 1. The molecule has 0 radical (unpaired) electrons. The SMILES string of the molecule is CC(=O)/C(=C/n1c(=S)sc2ccccc21)C(=O)Nc1ccccc1. The molecule has 0 saturated carbocycles. The molecule has 3 aromatic rings. The Kier molecular flexibility index (Phi) is 4.69. The number of carbonyl (C=O) groups excluding carboxylic acids is 2. The molecule has 0 unspecified atom stereocenters. The number of aromatic nitrogens is 1. The van der Waals surface area contributed by atoms with Crippen LogP contribution in [0.4, 0.5) is 5.69 Å². The second-order valence-electron chi connectivity index (χ2n) is 5.12. The molecule has 0 saturated heterocycles. The van der Waals surface area contributed by atoms with Crippen LogP contribution in [0.25, 0.3) is 16.4 Å². The minimum atomic E-state index is -0.453. The zero-order valence-corrected chi connectivity index (χ0v) is 14.5. The van der Waals surface area contributed by atoms with Gasteiger partial charge in [0.25, 0.3) is 5.91 Å². The normalized spacial score (nSPS) is 11.5. The van der Waals surface area contributed by atoms with E-state index < -0.39 is 5.91 Å². The number of anilines is 1. The van der Waals surface area contributed by atoms with Gasteiger partial charge in [-0.3, -0.25) is 14.2 Å². The first kappa shape index (κ1) is 16.3. The van der Waals surface area contributed by atoms with E-state index in [0.29, 0.717) is 9.64 Å². The fourth-order valence-corrected chi connectivity index (χ4v) is 3.54. The predicted octanol–water partition coefficient (Wildman–Crippen LogP) is 4.50. The van der Waals surface area contributed by atoms with Gasteiger partial charge in [-0.05, 0) is 43.4 Å². The van der Waals surface area contributed by atoms with Crippen LogP contribution in [0, 0.1) is 3.95 Å². The lowest BCUT2D eigenvalue weighted by molar-refractivity contribution is -0.118. The van der Waals surface area contributed by atoms with Crippen LogP contribution in [0.3, 0.4) is 0 Å². The Labute approximate surface area is 148 Å². The van der Waals surface area contributed by atoms with Gasteiger partial charge in [0.1, 0.15) is 0 Å². The van der Waals surface area contributed by atoms with Gasteiger partial charge in [-0.2, -0.15) is 0 Å². The van der Waals surface area contributed by atoms with Gasteiger partial charge < -0.3 is 5.32 Å². The van der Waals surface area contributed by atoms with Gasteiger partial charge in [-0.1, -0.05) is 30.3 Å². The van der Waals surface area contributed by atoms with Crippen molar-refractivity contribution in [1.82, 2.24) is 4.57 Å². The first-order valence-corrected chi connectivity index (χ1v) is 8.48. The fraction of sp³-hybridized carbons (Fsp3) is 0.0556. The maximum Gasteiger partial charge on any atom is 0.260 e. The van der Waals surface area contributed by atoms with Crippen LogP contribution in [-0.2, 0) is 9.59 Å². The highest BCUT2D eigenvalue weighted by molar-refractivity contribution is 7.73. The van der Waals surface area contributed by atoms with E-state index in [1.807, 2.05) is 42.5 Å². The summed E-state index contributed by atoms with van der Waals surface area (Å²) in [4.78, 5) is 24.5. The summed E-state index contributed by atoms with van der Waals surface area (Å²) < 4.78 is 3.30. The average Bonchev–Trinajstić information content (AvgIpc) is 2.88. The van der Waals surface area contributed by atoms with Crippen LogP contribution in [0.5, 0.6) is 0 Å². The third kappa shape index (κ3) is 3.34. The monoisotopic (exact) mass is 354 g/mol. The third-order valence-corrected chi connectivity index (χ3v) is 4.82. The number of carbonyl (C=O) groups is 2. The molecule has 6 heteroatoms. The van der Waals surface area contributed by atoms with Crippen molar-refractivity contribution in [2.24, 2.45) is 0 Å². The Bertz CT molecular complexity index is 1000. The summed E-state index contributed by atoms with van der Waals surface area (Å²) in [5.41, 5.74) is 1.56. The summed E-state index contributed by atoms with van der Waals surface area (Å²) in [7, 11) is 0. The molecule has 1 amide bonds. The minimum Gasteiger partial charge on any atom is -0.322 e. The van der Waals surface area contributed by atoms with Gasteiger partial charge in [0.05, 0.1) is 15.8 Å². The number of fused-ring (bicyclic) bond motifs is 1. The number of hydrogen-bond acceptors (Lipinski definition) is 4. The third-order valence-electron chi connectivity index (χ3n) is 3.43. The molecule has 1 heterocycles. The van der Waals surface area contributed by atoms with Crippen molar-refractivity contribution >= 4 is 57.3 Å². The molecule has 2 aromatic carbocycles. The summed E-state index contributed by atoms with van der Waals surface area (Å²) >= 11 is 6.81. The van der Waals surface area contributed by atoms with Gasteiger partial charge in [-0.25, -0.2) is 0 Å². The summed E-state index contributed by atoms with van der Waals surface area (Å²) in [5.74, 6) is -0.772. The lowest BCUT2D eigenvalue weighted by Crippen LogP contribution is -2.19. The number of hydrogen-bond donors (Lipinski definition) is 1. The van der Waals surface area contributed by atoms with Gasteiger partial charge in [-0.15, -0.1) is 11.3 Å². The smallest absolute Gasteiger partial charge is 0.260 e. The van der Waals surface area contributed by atoms with Crippen LogP contribution in [0.2, 0.25) is 0 Å². The zero-order valence-electron chi connectivity index (χ0n) is 12.9. The van der Waals surface area contributed by atoms with Gasteiger partial charge >= 0.3 is 0 Å². The number of Topliss-reactive ketones (excluding diaryl/α,β-unsaturated/α-hetero) is 1. The molecule has 0 aliphatic heterocycles. The Hall–Kier alpha value is -2.57. The van der Waals surface area contributed by atoms with Crippen LogP contribution in [0.15, 0.2) is 60.2 Å². The average molecular weight is 354 g/mol. The lowest BCUT2D eigenvalue weighted by atomic mass is 10.2. The van der Waals surface area contributed by atoms with Gasteiger partial charge in [0.2, 0.25) is 0 Å². The number of rotatable bonds is 4. The Morgan fingerprint density at radius 1 is 1.08 bits per heavy atom. The van der Waals surface area contributed by atoms with E-state index in [9.17, 15) is 9.59 Å². The summed E-state index contributed by atoms with van der Waals surface area (Å²) in [5, 5.41) is 2.73. The number of amides is 1. The Balaban J connectivity index is 2.03. The van der Waals surface area contributed by atoms with Crippen LogP contribution in [0.1, 0.15) is 6.92 Å². The van der Waals surface area contributed by atoms with Crippen molar-refractivity contribution in [3.63, 3.8) is 0 Å². The summed E-state index contributed by atoms with van der Waals surface area (Å²) in [6, 6.07) is 16.7. The number of benzene rings is 2. The van der Waals surface area contributed by atoms with Crippen molar-refractivity contribution in [2.45, 2.75) is 6.92 Å². The summed E-state index contributed by atoms with van der Waals surface area (Å²) in [6.07, 6.45) is 1.52. The van der Waals surface area contributed by atoms with E-state index in [1.54, 1.807) is 16.7 Å². The molecule has 4 nitrogen and oxygen atoms in total. The molecule has 0 bridgehead atoms. The molecular formula is C18H14N2O2S2.